The fourth-order valence-electron chi connectivity index (χ4n) is 4.11. The maximum Gasteiger partial charge on any atom is 0.269 e. The van der Waals surface area contributed by atoms with Crippen molar-refractivity contribution in [2.24, 2.45) is 0 Å². The first-order valence-electron chi connectivity index (χ1n) is 10.6. The zero-order valence-corrected chi connectivity index (χ0v) is 18.7. The Hall–Kier alpha value is -3.72. The number of aryl methyl sites for hydroxylation is 2. The predicted molar refractivity (Wildman–Crippen MR) is 126 cm³/mol. The van der Waals surface area contributed by atoms with Crippen molar-refractivity contribution < 1.29 is 14.4 Å². The highest BCUT2D eigenvalue weighted by atomic mass is 32.1. The maximum atomic E-state index is 12.9. The quantitative estimate of drug-likeness (QED) is 0.318. The summed E-state index contributed by atoms with van der Waals surface area (Å²) in [6, 6.07) is 11.6. The van der Waals surface area contributed by atoms with Gasteiger partial charge in [-0.3, -0.25) is 14.9 Å². The maximum absolute atomic E-state index is 12.9. The average Bonchev–Trinajstić information content (AvgIpc) is 3.22. The van der Waals surface area contributed by atoms with Gasteiger partial charge in [-0.05, 0) is 67.1 Å². The Kier molecular flexibility index (Phi) is 5.55. The summed E-state index contributed by atoms with van der Waals surface area (Å²) in [5, 5.41) is 11.5. The second-order valence-corrected chi connectivity index (χ2v) is 8.97. The molecule has 1 aliphatic rings. The summed E-state index contributed by atoms with van der Waals surface area (Å²) in [4.78, 5) is 33.0. The molecule has 0 fully saturated rings. The van der Waals surface area contributed by atoms with Crippen LogP contribution in [-0.4, -0.2) is 22.0 Å². The third kappa shape index (κ3) is 4.07. The third-order valence-electron chi connectivity index (χ3n) is 5.80. The van der Waals surface area contributed by atoms with Crippen LogP contribution in [0.15, 0.2) is 47.3 Å². The van der Waals surface area contributed by atoms with Crippen LogP contribution >= 0.6 is 11.3 Å². The lowest BCUT2D eigenvalue weighted by molar-refractivity contribution is -0.384. The van der Waals surface area contributed by atoms with E-state index in [2.05, 4.69) is 4.98 Å². The highest BCUT2D eigenvalue weighted by Gasteiger charge is 2.20. The van der Waals surface area contributed by atoms with E-state index in [4.69, 9.17) is 14.5 Å². The van der Waals surface area contributed by atoms with Crippen molar-refractivity contribution in [1.29, 1.82) is 0 Å². The highest BCUT2D eigenvalue weighted by Crippen LogP contribution is 2.36. The van der Waals surface area contributed by atoms with Crippen LogP contribution in [0, 0.1) is 10.1 Å². The molecule has 0 radical (unpaired) electrons. The number of aromatic amines is 1. The molecule has 0 bridgehead atoms. The first kappa shape index (κ1) is 21.1. The Morgan fingerprint density at radius 3 is 2.67 bits per heavy atom. The Labute approximate surface area is 193 Å². The number of nitro groups is 1. The van der Waals surface area contributed by atoms with Crippen LogP contribution in [0.1, 0.15) is 28.8 Å². The first-order valence-corrected chi connectivity index (χ1v) is 11.4. The zero-order valence-electron chi connectivity index (χ0n) is 17.9. The van der Waals surface area contributed by atoms with Crippen LogP contribution < -0.4 is 15.0 Å². The normalized spacial score (nSPS) is 13.0. The van der Waals surface area contributed by atoms with Crippen molar-refractivity contribution in [3.8, 4) is 22.9 Å². The van der Waals surface area contributed by atoms with E-state index in [1.54, 1.807) is 42.7 Å². The summed E-state index contributed by atoms with van der Waals surface area (Å²) < 4.78 is 11.4. The van der Waals surface area contributed by atoms with Crippen LogP contribution in [-0.2, 0) is 19.4 Å². The van der Waals surface area contributed by atoms with Gasteiger partial charge in [-0.1, -0.05) is 0 Å². The topological polar surface area (TPSA) is 107 Å². The van der Waals surface area contributed by atoms with Crippen molar-refractivity contribution >= 4 is 27.2 Å². The van der Waals surface area contributed by atoms with E-state index < -0.39 is 4.92 Å². The van der Waals surface area contributed by atoms with E-state index in [1.807, 2.05) is 6.07 Å². The molecule has 0 atom stereocenters. The van der Waals surface area contributed by atoms with Gasteiger partial charge in [0.2, 0.25) is 0 Å². The van der Waals surface area contributed by atoms with Crippen LogP contribution in [0.3, 0.4) is 0 Å². The number of H-pyrrole nitrogens is 1. The number of non-ortho nitro benzene ring substituents is 1. The van der Waals surface area contributed by atoms with Crippen LogP contribution in [0.4, 0.5) is 5.69 Å². The summed E-state index contributed by atoms with van der Waals surface area (Å²) in [5.74, 6) is 1.52. The van der Waals surface area contributed by atoms with Gasteiger partial charge in [-0.25, -0.2) is 4.98 Å². The summed E-state index contributed by atoms with van der Waals surface area (Å²) in [5.41, 5.74) is 2.61. The summed E-state index contributed by atoms with van der Waals surface area (Å²) in [6.07, 6.45) is 4.22. The second-order valence-electron chi connectivity index (χ2n) is 7.88. The predicted octanol–water partition coefficient (Wildman–Crippen LogP) is 5.03. The Balaban J connectivity index is 1.41. The molecule has 0 aliphatic heterocycles. The molecule has 1 N–H and O–H groups in total. The molecule has 0 saturated carbocycles. The molecule has 0 unspecified atom stereocenters. The minimum absolute atomic E-state index is 0.0331. The lowest BCUT2D eigenvalue weighted by Gasteiger charge is -2.12. The number of hydrogen-bond acceptors (Lipinski definition) is 7. The van der Waals surface area contributed by atoms with Gasteiger partial charge in [0.25, 0.3) is 11.2 Å². The van der Waals surface area contributed by atoms with Gasteiger partial charge in [0.05, 0.1) is 17.4 Å². The van der Waals surface area contributed by atoms with Crippen LogP contribution in [0.25, 0.3) is 21.6 Å². The number of ether oxygens (including phenoxy) is 2. The number of nitrogens with one attached hydrogen (secondary N) is 1. The van der Waals surface area contributed by atoms with Crippen LogP contribution in [0.5, 0.6) is 11.5 Å². The van der Waals surface area contributed by atoms with Crippen molar-refractivity contribution in [1.82, 2.24) is 9.97 Å². The Morgan fingerprint density at radius 2 is 1.91 bits per heavy atom. The van der Waals surface area contributed by atoms with Gasteiger partial charge in [0.15, 0.2) is 11.5 Å². The number of aromatic nitrogens is 2. The smallest absolute Gasteiger partial charge is 0.269 e. The molecule has 9 heteroatoms. The molecule has 5 rings (SSSR count). The average molecular weight is 464 g/mol. The lowest BCUT2D eigenvalue weighted by atomic mass is 9.97. The van der Waals surface area contributed by atoms with Gasteiger partial charge >= 0.3 is 0 Å². The second kappa shape index (κ2) is 8.67. The van der Waals surface area contributed by atoms with Gasteiger partial charge in [0, 0.05) is 22.6 Å². The largest absolute Gasteiger partial charge is 0.493 e. The SMILES string of the molecule is COc1cc(-c2nc3sc4c(c3c(=O)[nH]2)CCCC4)ccc1OCc1ccc([N+](=O)[O-])cc1. The number of benzene rings is 2. The Bertz CT molecular complexity index is 1410. The van der Waals surface area contributed by atoms with Crippen molar-refractivity contribution in [2.75, 3.05) is 7.11 Å². The number of nitro benzene ring substituents is 1. The van der Waals surface area contributed by atoms with Crippen molar-refractivity contribution in [3.05, 3.63) is 78.9 Å². The van der Waals surface area contributed by atoms with E-state index in [1.165, 1.54) is 17.0 Å². The molecule has 33 heavy (non-hydrogen) atoms. The number of methoxy groups -OCH3 is 1. The third-order valence-corrected chi connectivity index (χ3v) is 6.99. The number of thiophene rings is 1. The van der Waals surface area contributed by atoms with Gasteiger partial charge in [0.1, 0.15) is 17.3 Å². The molecular weight excluding hydrogens is 442 g/mol. The molecule has 2 aromatic heterocycles. The number of rotatable bonds is 6. The van der Waals surface area contributed by atoms with Gasteiger partial charge < -0.3 is 14.5 Å². The van der Waals surface area contributed by atoms with Crippen molar-refractivity contribution in [3.63, 3.8) is 0 Å². The Morgan fingerprint density at radius 1 is 1.12 bits per heavy atom. The molecule has 2 aromatic carbocycles. The highest BCUT2D eigenvalue weighted by molar-refractivity contribution is 7.18. The van der Waals surface area contributed by atoms with Crippen LogP contribution in [0.2, 0.25) is 0 Å². The van der Waals surface area contributed by atoms with E-state index >= 15 is 0 Å². The van der Waals surface area contributed by atoms with Gasteiger partial charge in [-0.15, -0.1) is 11.3 Å². The molecule has 168 valence electrons. The summed E-state index contributed by atoms with van der Waals surface area (Å²) >= 11 is 1.62. The van der Waals surface area contributed by atoms with E-state index in [0.29, 0.717) is 17.3 Å². The monoisotopic (exact) mass is 463 g/mol. The summed E-state index contributed by atoms with van der Waals surface area (Å²) in [7, 11) is 1.55. The molecule has 4 aromatic rings. The summed E-state index contributed by atoms with van der Waals surface area (Å²) in [6.45, 7) is 0.232. The number of fused-ring (bicyclic) bond motifs is 3. The lowest BCUT2D eigenvalue weighted by Crippen LogP contribution is -2.11. The van der Waals surface area contributed by atoms with Gasteiger partial charge in [-0.2, -0.15) is 0 Å². The fraction of sp³-hybridized carbons (Fsp3) is 0.250. The van der Waals surface area contributed by atoms with E-state index in [-0.39, 0.29) is 17.9 Å². The minimum Gasteiger partial charge on any atom is -0.493 e. The zero-order chi connectivity index (χ0) is 22.9. The molecule has 8 nitrogen and oxygen atoms in total. The van der Waals surface area contributed by atoms with E-state index in [9.17, 15) is 14.9 Å². The molecule has 2 heterocycles. The minimum atomic E-state index is -0.437. The van der Waals surface area contributed by atoms with Crippen molar-refractivity contribution in [2.45, 2.75) is 32.3 Å². The molecular formula is C24H21N3O5S. The molecule has 1 aliphatic carbocycles. The van der Waals surface area contributed by atoms with E-state index in [0.717, 1.165) is 52.6 Å². The number of hydrogen-bond donors (Lipinski definition) is 1. The molecule has 0 saturated heterocycles. The fourth-order valence-corrected chi connectivity index (χ4v) is 5.37. The first-order chi connectivity index (χ1) is 16.0. The number of nitrogens with zero attached hydrogens (tertiary/aromatic N) is 2. The molecule has 0 spiro atoms. The standard InChI is InChI=1S/C24H21N3O5S/c1-31-19-12-15(8-11-18(19)32-13-14-6-9-16(10-7-14)27(29)30)22-25-23(28)21-17-4-2-3-5-20(17)33-24(21)26-22/h6-12H,2-5,13H2,1H3,(H,25,26,28). The molecule has 0 amide bonds.